The molecule has 2 heterocycles. The number of nitrogens with zero attached hydrogens (tertiary/aromatic N) is 6. The van der Waals surface area contributed by atoms with Crippen molar-refractivity contribution < 1.29 is 35.9 Å². The SMILES string of the molecule is O=C(n1nc2ccccc2n1)C(F)(F)F.O=C(n1nnc2ccccc21)C(F)(F)F. The van der Waals surface area contributed by atoms with Crippen LogP contribution in [-0.4, -0.2) is 54.2 Å². The highest BCUT2D eigenvalue weighted by atomic mass is 19.4. The van der Waals surface area contributed by atoms with Gasteiger partial charge in [0.2, 0.25) is 0 Å². The van der Waals surface area contributed by atoms with Crippen LogP contribution >= 0.6 is 0 Å². The van der Waals surface area contributed by atoms with Gasteiger partial charge in [0.1, 0.15) is 16.6 Å². The Labute approximate surface area is 161 Å². The molecule has 0 spiro atoms. The Morgan fingerprint density at radius 2 is 1.17 bits per heavy atom. The highest BCUT2D eigenvalue weighted by Crippen LogP contribution is 2.20. The normalized spacial score (nSPS) is 11.9. The summed E-state index contributed by atoms with van der Waals surface area (Å²) in [7, 11) is 0. The van der Waals surface area contributed by atoms with Crippen molar-refractivity contribution in [3.63, 3.8) is 0 Å². The first-order valence-electron chi connectivity index (χ1n) is 7.84. The summed E-state index contributed by atoms with van der Waals surface area (Å²) in [5.41, 5.74) is 0.778. The van der Waals surface area contributed by atoms with Crippen LogP contribution in [0.2, 0.25) is 0 Å². The first kappa shape index (κ1) is 20.9. The zero-order chi connectivity index (χ0) is 22.1. The Hall–Kier alpha value is -3.84. The van der Waals surface area contributed by atoms with Gasteiger partial charge in [-0.3, -0.25) is 9.59 Å². The third-order valence-electron chi connectivity index (χ3n) is 3.50. The van der Waals surface area contributed by atoms with E-state index in [1.807, 2.05) is 0 Å². The van der Waals surface area contributed by atoms with E-state index in [0.717, 1.165) is 0 Å². The van der Waals surface area contributed by atoms with Gasteiger partial charge < -0.3 is 0 Å². The zero-order valence-electron chi connectivity index (χ0n) is 14.4. The molecule has 0 aliphatic carbocycles. The highest BCUT2D eigenvalue weighted by molar-refractivity contribution is 5.91. The summed E-state index contributed by atoms with van der Waals surface area (Å²) in [6.45, 7) is 0. The molecule has 2 aromatic carbocycles. The number of carbonyl (C=O) groups excluding carboxylic acids is 2. The highest BCUT2D eigenvalue weighted by Gasteiger charge is 2.42. The van der Waals surface area contributed by atoms with Gasteiger partial charge in [-0.15, -0.1) is 20.1 Å². The molecule has 8 nitrogen and oxygen atoms in total. The molecule has 0 saturated carbocycles. The second-order valence-corrected chi connectivity index (χ2v) is 5.57. The van der Waals surface area contributed by atoms with Crippen molar-refractivity contribution in [1.29, 1.82) is 0 Å². The van der Waals surface area contributed by atoms with Gasteiger partial charge in [-0.05, 0) is 24.3 Å². The molecule has 156 valence electrons. The number of carbonyl (C=O) groups is 2. The molecule has 4 aromatic rings. The lowest BCUT2D eigenvalue weighted by Gasteiger charge is -2.03. The summed E-state index contributed by atoms with van der Waals surface area (Å²) >= 11 is 0. The monoisotopic (exact) mass is 430 g/mol. The molecule has 0 atom stereocenters. The van der Waals surface area contributed by atoms with Crippen LogP contribution in [0, 0.1) is 0 Å². The number of hydrogen-bond acceptors (Lipinski definition) is 6. The van der Waals surface area contributed by atoms with Crippen molar-refractivity contribution in [3.05, 3.63) is 48.5 Å². The van der Waals surface area contributed by atoms with Crippen LogP contribution in [0.25, 0.3) is 22.1 Å². The van der Waals surface area contributed by atoms with Crippen LogP contribution in [0.5, 0.6) is 0 Å². The molecule has 0 saturated heterocycles. The van der Waals surface area contributed by atoms with Crippen molar-refractivity contribution in [3.8, 4) is 0 Å². The van der Waals surface area contributed by atoms with Crippen molar-refractivity contribution in [2.24, 2.45) is 0 Å². The number of aromatic nitrogens is 6. The third kappa shape index (κ3) is 4.26. The molecule has 4 rings (SSSR count). The van der Waals surface area contributed by atoms with Gasteiger partial charge in [0.25, 0.3) is 0 Å². The van der Waals surface area contributed by atoms with E-state index in [0.29, 0.717) is 0 Å². The van der Waals surface area contributed by atoms with Crippen LogP contribution in [-0.2, 0) is 0 Å². The molecule has 14 heteroatoms. The van der Waals surface area contributed by atoms with E-state index in [-0.39, 0.29) is 31.5 Å². The van der Waals surface area contributed by atoms with Crippen LogP contribution in [0.4, 0.5) is 26.3 Å². The number of rotatable bonds is 0. The van der Waals surface area contributed by atoms with E-state index < -0.39 is 24.2 Å². The first-order valence-corrected chi connectivity index (χ1v) is 7.84. The van der Waals surface area contributed by atoms with Gasteiger partial charge in [0, 0.05) is 0 Å². The molecule has 2 aromatic heterocycles. The second-order valence-electron chi connectivity index (χ2n) is 5.57. The largest absolute Gasteiger partial charge is 0.475 e. The number of fused-ring (bicyclic) bond motifs is 2. The maximum absolute atomic E-state index is 12.1. The van der Waals surface area contributed by atoms with E-state index in [2.05, 4.69) is 20.5 Å². The maximum atomic E-state index is 12.1. The summed E-state index contributed by atoms with van der Waals surface area (Å²) in [6.07, 6.45) is -9.91. The van der Waals surface area contributed by atoms with E-state index in [9.17, 15) is 35.9 Å². The lowest BCUT2D eigenvalue weighted by Crippen LogP contribution is -2.30. The standard InChI is InChI=1S/2C8H4F3N3O/c9-8(10,11)7(15)14-6-4-2-1-3-5(6)12-13-14;9-8(10,11)7(15)14-12-5-3-1-2-4-6(5)13-14/h2*1-4H. The minimum absolute atomic E-state index is 0.0415. The fourth-order valence-electron chi connectivity index (χ4n) is 2.20. The average molecular weight is 430 g/mol. The van der Waals surface area contributed by atoms with Gasteiger partial charge in [0.15, 0.2) is 0 Å². The van der Waals surface area contributed by atoms with Crippen LogP contribution < -0.4 is 0 Å². The molecule has 0 aliphatic rings. The topological polar surface area (TPSA) is 95.6 Å². The quantitative estimate of drug-likeness (QED) is 0.398. The summed E-state index contributed by atoms with van der Waals surface area (Å²) in [4.78, 5) is 21.7. The van der Waals surface area contributed by atoms with Crippen molar-refractivity contribution in [1.82, 2.24) is 30.0 Å². The van der Waals surface area contributed by atoms with Gasteiger partial charge in [-0.25, -0.2) is 0 Å². The van der Waals surface area contributed by atoms with Gasteiger partial charge in [-0.1, -0.05) is 29.5 Å². The summed E-state index contributed by atoms with van der Waals surface area (Å²) in [5, 5.41) is 13.4. The maximum Gasteiger partial charge on any atom is 0.475 e. The molecule has 0 fully saturated rings. The van der Waals surface area contributed by atoms with Crippen LogP contribution in [0.1, 0.15) is 9.59 Å². The lowest BCUT2D eigenvalue weighted by molar-refractivity contribution is -0.0966. The Bertz CT molecular complexity index is 1180. The van der Waals surface area contributed by atoms with Crippen molar-refractivity contribution >= 4 is 33.9 Å². The minimum atomic E-state index is -4.96. The van der Waals surface area contributed by atoms with E-state index >= 15 is 0 Å². The minimum Gasteiger partial charge on any atom is -0.262 e. The Balaban J connectivity index is 0.000000171. The molecule has 0 N–H and O–H groups in total. The number of alkyl halides is 6. The molecule has 0 bridgehead atoms. The number of benzene rings is 2. The number of halogens is 6. The van der Waals surface area contributed by atoms with Gasteiger partial charge >= 0.3 is 24.2 Å². The van der Waals surface area contributed by atoms with Crippen molar-refractivity contribution in [2.75, 3.05) is 0 Å². The summed E-state index contributed by atoms with van der Waals surface area (Å²) in [6, 6.07) is 12.1. The predicted octanol–water partition coefficient (Wildman–Crippen LogP) is 3.27. The number of para-hydroxylation sites is 1. The first-order chi connectivity index (χ1) is 14.0. The van der Waals surface area contributed by atoms with Gasteiger partial charge in [-0.2, -0.15) is 31.0 Å². The third-order valence-corrected chi connectivity index (χ3v) is 3.50. The fourth-order valence-corrected chi connectivity index (χ4v) is 2.20. The molecule has 0 aliphatic heterocycles. The Morgan fingerprint density at radius 3 is 1.67 bits per heavy atom. The predicted molar refractivity (Wildman–Crippen MR) is 88.4 cm³/mol. The van der Waals surface area contributed by atoms with Crippen LogP contribution in [0.15, 0.2) is 48.5 Å². The van der Waals surface area contributed by atoms with Gasteiger partial charge in [0.05, 0.1) is 5.52 Å². The fraction of sp³-hybridized carbons (Fsp3) is 0.125. The molecule has 0 amide bonds. The summed E-state index contributed by atoms with van der Waals surface area (Å²) in [5.74, 6) is -4.14. The molecule has 30 heavy (non-hydrogen) atoms. The molecule has 0 radical (unpaired) electrons. The van der Waals surface area contributed by atoms with E-state index in [1.54, 1.807) is 18.2 Å². The average Bonchev–Trinajstić information content (AvgIpc) is 3.30. The Kier molecular flexibility index (Phi) is 5.24. The second kappa shape index (κ2) is 7.53. The number of hydrogen-bond donors (Lipinski definition) is 0. The zero-order valence-corrected chi connectivity index (χ0v) is 14.4. The Morgan fingerprint density at radius 1 is 0.700 bits per heavy atom. The van der Waals surface area contributed by atoms with E-state index in [4.69, 9.17) is 0 Å². The van der Waals surface area contributed by atoms with E-state index in [1.165, 1.54) is 30.3 Å². The van der Waals surface area contributed by atoms with Crippen LogP contribution in [0.3, 0.4) is 0 Å². The molecular formula is C16H8F6N6O2. The lowest BCUT2D eigenvalue weighted by atomic mass is 10.3. The molecule has 0 unspecified atom stereocenters. The van der Waals surface area contributed by atoms with Crippen molar-refractivity contribution in [2.45, 2.75) is 12.4 Å². The summed E-state index contributed by atoms with van der Waals surface area (Å²) < 4.78 is 72.6. The molecular weight excluding hydrogens is 422 g/mol. The smallest absolute Gasteiger partial charge is 0.262 e.